The van der Waals surface area contributed by atoms with Gasteiger partial charge in [0.15, 0.2) is 0 Å². The van der Waals surface area contributed by atoms with Crippen molar-refractivity contribution in [1.82, 2.24) is 10.2 Å². The third kappa shape index (κ3) is 3.89. The van der Waals surface area contributed by atoms with Crippen LogP contribution < -0.4 is 10.1 Å². The molecule has 0 spiro atoms. The highest BCUT2D eigenvalue weighted by molar-refractivity contribution is 6.30. The highest BCUT2D eigenvalue weighted by atomic mass is 35.5. The summed E-state index contributed by atoms with van der Waals surface area (Å²) in [5.41, 5.74) is 0.934. The lowest BCUT2D eigenvalue weighted by atomic mass is 10.2. The molecule has 1 rings (SSSR count). The maximum absolute atomic E-state index is 11.7. The van der Waals surface area contributed by atoms with Crippen molar-refractivity contribution < 1.29 is 9.53 Å². The number of hydrogen-bond acceptors (Lipinski definition) is 3. The third-order valence-electron chi connectivity index (χ3n) is 2.65. The molecule has 5 heteroatoms. The average Bonchev–Trinajstić information content (AvgIpc) is 2.35. The minimum absolute atomic E-state index is 0.0380. The van der Waals surface area contributed by atoms with E-state index in [1.807, 2.05) is 19.1 Å². The number of benzene rings is 1. The maximum atomic E-state index is 11.7. The van der Waals surface area contributed by atoms with Gasteiger partial charge in [0.1, 0.15) is 5.75 Å². The summed E-state index contributed by atoms with van der Waals surface area (Å²) in [6.07, 6.45) is 0. The standard InChI is InChI=1S/C13H19ClN2O2/c1-9(13(17)16(2)3)15-8-10-7-11(14)5-6-12(10)18-4/h5-7,9,15H,8H2,1-4H3. The molecule has 0 heterocycles. The smallest absolute Gasteiger partial charge is 0.238 e. The molecule has 1 atom stereocenters. The Morgan fingerprint density at radius 1 is 1.50 bits per heavy atom. The fourth-order valence-electron chi connectivity index (χ4n) is 1.62. The first-order valence-electron chi connectivity index (χ1n) is 5.72. The van der Waals surface area contributed by atoms with Gasteiger partial charge in [0.05, 0.1) is 13.2 Å². The Kier molecular flexibility index (Phi) is 5.44. The number of carbonyl (C=O) groups excluding carboxylic acids is 1. The van der Waals surface area contributed by atoms with Crippen LogP contribution >= 0.6 is 11.6 Å². The van der Waals surface area contributed by atoms with E-state index in [4.69, 9.17) is 16.3 Å². The van der Waals surface area contributed by atoms with Gasteiger partial charge in [-0.15, -0.1) is 0 Å². The zero-order valence-electron chi connectivity index (χ0n) is 11.2. The second kappa shape index (κ2) is 6.61. The quantitative estimate of drug-likeness (QED) is 0.889. The number of nitrogens with zero attached hydrogens (tertiary/aromatic N) is 1. The van der Waals surface area contributed by atoms with Crippen molar-refractivity contribution in [1.29, 1.82) is 0 Å². The molecule has 0 bridgehead atoms. The second-order valence-electron chi connectivity index (χ2n) is 4.29. The highest BCUT2D eigenvalue weighted by Crippen LogP contribution is 2.22. The van der Waals surface area contributed by atoms with Crippen LogP contribution in [-0.2, 0) is 11.3 Å². The van der Waals surface area contributed by atoms with E-state index in [2.05, 4.69) is 5.32 Å². The van der Waals surface area contributed by atoms with E-state index in [1.165, 1.54) is 0 Å². The minimum Gasteiger partial charge on any atom is -0.496 e. The third-order valence-corrected chi connectivity index (χ3v) is 2.89. The fourth-order valence-corrected chi connectivity index (χ4v) is 1.82. The van der Waals surface area contributed by atoms with Gasteiger partial charge < -0.3 is 15.0 Å². The molecule has 0 aliphatic heterocycles. The molecular weight excluding hydrogens is 252 g/mol. The van der Waals surface area contributed by atoms with Gasteiger partial charge in [0.2, 0.25) is 5.91 Å². The van der Waals surface area contributed by atoms with Gasteiger partial charge in [-0.1, -0.05) is 11.6 Å². The van der Waals surface area contributed by atoms with Crippen LogP contribution in [-0.4, -0.2) is 38.1 Å². The van der Waals surface area contributed by atoms with Gasteiger partial charge >= 0.3 is 0 Å². The van der Waals surface area contributed by atoms with Crippen molar-refractivity contribution >= 4 is 17.5 Å². The first-order chi connectivity index (χ1) is 8.45. The number of halogens is 1. The molecule has 0 fully saturated rings. The van der Waals surface area contributed by atoms with Gasteiger partial charge in [-0.05, 0) is 25.1 Å². The van der Waals surface area contributed by atoms with Crippen LogP contribution in [0.15, 0.2) is 18.2 Å². The Balaban J connectivity index is 2.68. The van der Waals surface area contributed by atoms with E-state index in [0.29, 0.717) is 11.6 Å². The molecule has 1 unspecified atom stereocenters. The molecule has 0 saturated carbocycles. The van der Waals surface area contributed by atoms with E-state index in [0.717, 1.165) is 11.3 Å². The van der Waals surface area contributed by atoms with Crippen LogP contribution in [0.2, 0.25) is 5.02 Å². The van der Waals surface area contributed by atoms with Gasteiger partial charge in [0.25, 0.3) is 0 Å². The average molecular weight is 271 g/mol. The predicted molar refractivity (Wildman–Crippen MR) is 73.0 cm³/mol. The molecule has 18 heavy (non-hydrogen) atoms. The Morgan fingerprint density at radius 2 is 2.17 bits per heavy atom. The van der Waals surface area contributed by atoms with Crippen LogP contribution in [0.4, 0.5) is 0 Å². The van der Waals surface area contributed by atoms with Gasteiger partial charge in [-0.2, -0.15) is 0 Å². The molecule has 0 aliphatic carbocycles. The van der Waals surface area contributed by atoms with Gasteiger partial charge in [-0.3, -0.25) is 4.79 Å². The van der Waals surface area contributed by atoms with E-state index < -0.39 is 0 Å². The number of nitrogens with one attached hydrogen (secondary N) is 1. The zero-order chi connectivity index (χ0) is 13.7. The normalized spacial score (nSPS) is 12.1. The Bertz CT molecular complexity index is 421. The molecule has 1 aromatic rings. The lowest BCUT2D eigenvalue weighted by Crippen LogP contribution is -2.41. The Labute approximate surface area is 113 Å². The van der Waals surface area contributed by atoms with Crippen LogP contribution in [0.25, 0.3) is 0 Å². The summed E-state index contributed by atoms with van der Waals surface area (Å²) in [7, 11) is 5.09. The Morgan fingerprint density at radius 3 is 2.72 bits per heavy atom. The first-order valence-corrected chi connectivity index (χ1v) is 6.10. The molecule has 0 aliphatic rings. The van der Waals surface area contributed by atoms with E-state index in [9.17, 15) is 4.79 Å². The number of carbonyl (C=O) groups is 1. The number of hydrogen-bond donors (Lipinski definition) is 1. The topological polar surface area (TPSA) is 41.6 Å². The van der Waals surface area contributed by atoms with Crippen molar-refractivity contribution in [3.8, 4) is 5.75 Å². The van der Waals surface area contributed by atoms with Crippen molar-refractivity contribution in [3.63, 3.8) is 0 Å². The van der Waals surface area contributed by atoms with Gasteiger partial charge in [0, 0.05) is 31.2 Å². The van der Waals surface area contributed by atoms with E-state index in [1.54, 1.807) is 32.2 Å². The molecule has 0 aromatic heterocycles. The number of likely N-dealkylation sites (N-methyl/N-ethyl adjacent to an activating group) is 1. The largest absolute Gasteiger partial charge is 0.496 e. The fraction of sp³-hybridized carbons (Fsp3) is 0.462. The zero-order valence-corrected chi connectivity index (χ0v) is 11.9. The summed E-state index contributed by atoms with van der Waals surface area (Å²) in [6, 6.07) is 5.18. The first kappa shape index (κ1) is 14.8. The van der Waals surface area contributed by atoms with Crippen molar-refractivity contribution in [2.75, 3.05) is 21.2 Å². The number of amides is 1. The lowest BCUT2D eigenvalue weighted by Gasteiger charge is -2.18. The van der Waals surface area contributed by atoms with Crippen LogP contribution in [0.5, 0.6) is 5.75 Å². The van der Waals surface area contributed by atoms with Crippen molar-refractivity contribution in [3.05, 3.63) is 28.8 Å². The van der Waals surface area contributed by atoms with E-state index in [-0.39, 0.29) is 11.9 Å². The summed E-state index contributed by atoms with van der Waals surface area (Å²) in [5, 5.41) is 3.80. The number of methoxy groups -OCH3 is 1. The molecular formula is C13H19ClN2O2. The summed E-state index contributed by atoms with van der Waals surface area (Å²) >= 11 is 5.94. The summed E-state index contributed by atoms with van der Waals surface area (Å²) in [6.45, 7) is 2.36. The van der Waals surface area contributed by atoms with Crippen LogP contribution in [0, 0.1) is 0 Å². The molecule has 1 N–H and O–H groups in total. The second-order valence-corrected chi connectivity index (χ2v) is 4.73. The summed E-state index contributed by atoms with van der Waals surface area (Å²) in [4.78, 5) is 13.3. The molecule has 0 radical (unpaired) electrons. The lowest BCUT2D eigenvalue weighted by molar-refractivity contribution is -0.130. The summed E-state index contributed by atoms with van der Waals surface area (Å²) in [5.74, 6) is 0.799. The van der Waals surface area contributed by atoms with Crippen LogP contribution in [0.3, 0.4) is 0 Å². The maximum Gasteiger partial charge on any atom is 0.238 e. The molecule has 100 valence electrons. The molecule has 1 amide bonds. The minimum atomic E-state index is -0.247. The number of ether oxygens (including phenoxy) is 1. The SMILES string of the molecule is COc1ccc(Cl)cc1CNC(C)C(=O)N(C)C. The highest BCUT2D eigenvalue weighted by Gasteiger charge is 2.14. The number of rotatable bonds is 5. The van der Waals surface area contributed by atoms with Gasteiger partial charge in [-0.25, -0.2) is 0 Å². The molecule has 4 nitrogen and oxygen atoms in total. The predicted octanol–water partition coefficient (Wildman–Crippen LogP) is 1.91. The molecule has 0 saturated heterocycles. The molecule has 1 aromatic carbocycles. The van der Waals surface area contributed by atoms with Crippen molar-refractivity contribution in [2.45, 2.75) is 19.5 Å². The van der Waals surface area contributed by atoms with E-state index >= 15 is 0 Å². The van der Waals surface area contributed by atoms with Crippen molar-refractivity contribution in [2.24, 2.45) is 0 Å². The summed E-state index contributed by atoms with van der Waals surface area (Å²) < 4.78 is 5.25. The Hall–Kier alpha value is -1.26. The van der Waals surface area contributed by atoms with Crippen LogP contribution in [0.1, 0.15) is 12.5 Å². The monoisotopic (exact) mass is 270 g/mol.